The third-order valence-electron chi connectivity index (χ3n) is 4.37. The van der Waals surface area contributed by atoms with Crippen LogP contribution in [0.15, 0.2) is 35.6 Å². The number of imidazole rings is 1. The fourth-order valence-electron chi connectivity index (χ4n) is 3.04. The maximum absolute atomic E-state index is 12.2. The highest BCUT2D eigenvalue weighted by molar-refractivity contribution is 7.99. The molecule has 0 aliphatic carbocycles. The summed E-state index contributed by atoms with van der Waals surface area (Å²) in [7, 11) is 0. The normalized spacial score (nSPS) is 18.5. The van der Waals surface area contributed by atoms with Gasteiger partial charge in [0.05, 0.1) is 24.0 Å². The molecule has 2 aliphatic heterocycles. The lowest BCUT2D eigenvalue weighted by atomic mass is 10.2. The standard InChI is InChI=1S/C18H22N4O3S/c23-17(19-10-13-11-22-7-9-26-18(22)20-13)21-15-5-1-2-6-16(15)25-12-14-4-3-8-24-14/h1-2,5-6,11,14H,3-4,7-10,12H2,(H2,19,21,23). The van der Waals surface area contributed by atoms with Gasteiger partial charge in [-0.3, -0.25) is 0 Å². The summed E-state index contributed by atoms with van der Waals surface area (Å²) in [6.45, 7) is 2.67. The van der Waals surface area contributed by atoms with Crippen LogP contribution >= 0.6 is 11.8 Å². The molecule has 7 nitrogen and oxygen atoms in total. The predicted molar refractivity (Wildman–Crippen MR) is 99.7 cm³/mol. The molecule has 1 atom stereocenters. The summed E-state index contributed by atoms with van der Waals surface area (Å²) in [6.07, 6.45) is 4.22. The van der Waals surface area contributed by atoms with Gasteiger partial charge in [-0.15, -0.1) is 0 Å². The van der Waals surface area contributed by atoms with Crippen LogP contribution in [0.1, 0.15) is 18.5 Å². The highest BCUT2D eigenvalue weighted by Gasteiger charge is 2.17. The second-order valence-corrected chi connectivity index (χ2v) is 7.37. The Bertz CT molecular complexity index is 752. The van der Waals surface area contributed by atoms with Crippen molar-refractivity contribution in [3.05, 3.63) is 36.2 Å². The van der Waals surface area contributed by atoms with Gasteiger partial charge >= 0.3 is 6.03 Å². The molecular weight excluding hydrogens is 352 g/mol. The molecular formula is C18H22N4O3S. The third-order valence-corrected chi connectivity index (χ3v) is 5.34. The number of hydrogen-bond donors (Lipinski definition) is 2. The van der Waals surface area contributed by atoms with E-state index in [1.165, 1.54) is 0 Å². The number of carbonyl (C=O) groups is 1. The van der Waals surface area contributed by atoms with Crippen molar-refractivity contribution in [1.29, 1.82) is 0 Å². The van der Waals surface area contributed by atoms with E-state index in [2.05, 4.69) is 20.2 Å². The van der Waals surface area contributed by atoms with Gasteiger partial charge in [0.1, 0.15) is 12.4 Å². The molecule has 2 N–H and O–H groups in total. The third kappa shape index (κ3) is 4.13. The van der Waals surface area contributed by atoms with Crippen LogP contribution in [-0.2, 0) is 17.8 Å². The highest BCUT2D eigenvalue weighted by Crippen LogP contribution is 2.26. The number of aromatic nitrogens is 2. The number of urea groups is 1. The average molecular weight is 374 g/mol. The number of benzene rings is 1. The first-order chi connectivity index (χ1) is 12.8. The van der Waals surface area contributed by atoms with Crippen molar-refractivity contribution in [2.45, 2.75) is 37.2 Å². The van der Waals surface area contributed by atoms with Crippen LogP contribution in [0.4, 0.5) is 10.5 Å². The zero-order chi connectivity index (χ0) is 17.8. The number of carbonyl (C=O) groups excluding carboxylic acids is 1. The summed E-state index contributed by atoms with van der Waals surface area (Å²) in [6, 6.07) is 7.15. The topological polar surface area (TPSA) is 77.4 Å². The molecule has 2 aliphatic rings. The Hall–Kier alpha value is -2.19. The van der Waals surface area contributed by atoms with Gasteiger partial charge in [-0.1, -0.05) is 23.9 Å². The maximum atomic E-state index is 12.2. The Morgan fingerprint density at radius 2 is 2.35 bits per heavy atom. The lowest BCUT2D eigenvalue weighted by Gasteiger charge is -2.15. The number of aryl methyl sites for hydroxylation is 1. The number of ether oxygens (including phenoxy) is 2. The first-order valence-corrected chi connectivity index (χ1v) is 9.83. The molecule has 1 saturated heterocycles. The number of hydrogen-bond acceptors (Lipinski definition) is 5. The molecule has 1 aromatic heterocycles. The lowest BCUT2D eigenvalue weighted by Crippen LogP contribution is -2.28. The van der Waals surface area contributed by atoms with Crippen molar-refractivity contribution in [3.8, 4) is 5.75 Å². The van der Waals surface area contributed by atoms with E-state index in [0.29, 0.717) is 24.6 Å². The molecule has 8 heteroatoms. The second kappa shape index (κ2) is 8.01. The number of nitrogens with zero attached hydrogens (tertiary/aromatic N) is 2. The number of amides is 2. The van der Waals surface area contributed by atoms with Gasteiger partial charge in [-0.25, -0.2) is 9.78 Å². The van der Waals surface area contributed by atoms with Crippen molar-refractivity contribution in [2.75, 3.05) is 24.3 Å². The molecule has 0 radical (unpaired) electrons. The molecule has 2 aromatic rings. The van der Waals surface area contributed by atoms with Crippen LogP contribution in [0, 0.1) is 0 Å². The minimum absolute atomic E-state index is 0.137. The summed E-state index contributed by atoms with van der Waals surface area (Å²) < 4.78 is 13.5. The summed E-state index contributed by atoms with van der Waals surface area (Å²) in [5.41, 5.74) is 1.51. The number of thioether (sulfide) groups is 1. The van der Waals surface area contributed by atoms with Gasteiger partial charge in [-0.2, -0.15) is 0 Å². The van der Waals surface area contributed by atoms with Gasteiger partial charge in [-0.05, 0) is 25.0 Å². The molecule has 0 spiro atoms. The maximum Gasteiger partial charge on any atom is 0.319 e. The monoisotopic (exact) mass is 374 g/mol. The highest BCUT2D eigenvalue weighted by atomic mass is 32.2. The van der Waals surface area contributed by atoms with Crippen molar-refractivity contribution >= 4 is 23.5 Å². The van der Waals surface area contributed by atoms with Crippen LogP contribution in [0.25, 0.3) is 0 Å². The number of para-hydroxylation sites is 2. The van der Waals surface area contributed by atoms with Gasteiger partial charge < -0.3 is 24.7 Å². The molecule has 3 heterocycles. The van der Waals surface area contributed by atoms with Crippen molar-refractivity contribution in [3.63, 3.8) is 0 Å². The minimum atomic E-state index is -0.279. The first kappa shape index (κ1) is 17.2. The van der Waals surface area contributed by atoms with Gasteiger partial charge in [0.15, 0.2) is 5.16 Å². The Kier molecular flexibility index (Phi) is 5.31. The zero-order valence-corrected chi connectivity index (χ0v) is 15.3. The van der Waals surface area contributed by atoms with E-state index in [1.54, 1.807) is 11.8 Å². The predicted octanol–water partition coefficient (Wildman–Crippen LogP) is 2.87. The average Bonchev–Trinajstić information content (AvgIpc) is 3.36. The summed E-state index contributed by atoms with van der Waals surface area (Å²) in [4.78, 5) is 16.7. The fourth-order valence-corrected chi connectivity index (χ4v) is 4.00. The van der Waals surface area contributed by atoms with E-state index in [0.717, 1.165) is 42.6 Å². The molecule has 0 saturated carbocycles. The van der Waals surface area contributed by atoms with E-state index >= 15 is 0 Å². The molecule has 1 aromatic carbocycles. The largest absolute Gasteiger partial charge is 0.489 e. The SMILES string of the molecule is O=C(NCc1cn2c(n1)SCC2)Nc1ccccc1OCC1CCCO1. The minimum Gasteiger partial charge on any atom is -0.489 e. The van der Waals surface area contributed by atoms with Gasteiger partial charge in [0.25, 0.3) is 0 Å². The zero-order valence-electron chi connectivity index (χ0n) is 14.4. The summed E-state index contributed by atoms with van der Waals surface area (Å²) in [5, 5.41) is 6.72. The Balaban J connectivity index is 1.30. The Labute approximate surface area is 156 Å². The van der Waals surface area contributed by atoms with E-state index in [4.69, 9.17) is 9.47 Å². The molecule has 138 valence electrons. The van der Waals surface area contributed by atoms with Crippen LogP contribution in [0.5, 0.6) is 5.75 Å². The van der Waals surface area contributed by atoms with E-state index in [-0.39, 0.29) is 12.1 Å². The summed E-state index contributed by atoms with van der Waals surface area (Å²) in [5.74, 6) is 1.72. The summed E-state index contributed by atoms with van der Waals surface area (Å²) >= 11 is 1.74. The van der Waals surface area contributed by atoms with Crippen LogP contribution in [0.3, 0.4) is 0 Å². The lowest BCUT2D eigenvalue weighted by molar-refractivity contribution is 0.0682. The number of fused-ring (bicyclic) bond motifs is 1. The molecule has 4 rings (SSSR count). The molecule has 26 heavy (non-hydrogen) atoms. The van der Waals surface area contributed by atoms with E-state index in [1.807, 2.05) is 30.5 Å². The van der Waals surface area contributed by atoms with E-state index in [9.17, 15) is 4.79 Å². The van der Waals surface area contributed by atoms with Gasteiger partial charge in [0.2, 0.25) is 0 Å². The molecule has 1 fully saturated rings. The second-order valence-electron chi connectivity index (χ2n) is 6.31. The van der Waals surface area contributed by atoms with Gasteiger partial charge in [0, 0.05) is 25.1 Å². The van der Waals surface area contributed by atoms with Crippen molar-refractivity contribution in [1.82, 2.24) is 14.9 Å². The Morgan fingerprint density at radius 3 is 3.19 bits per heavy atom. The molecule has 2 amide bonds. The number of anilines is 1. The van der Waals surface area contributed by atoms with Crippen molar-refractivity contribution in [2.24, 2.45) is 0 Å². The van der Waals surface area contributed by atoms with Crippen LogP contribution < -0.4 is 15.4 Å². The number of nitrogens with one attached hydrogen (secondary N) is 2. The molecule has 1 unspecified atom stereocenters. The quantitative estimate of drug-likeness (QED) is 0.813. The fraction of sp³-hybridized carbons (Fsp3) is 0.444. The number of rotatable bonds is 6. The van der Waals surface area contributed by atoms with E-state index < -0.39 is 0 Å². The Morgan fingerprint density at radius 1 is 1.42 bits per heavy atom. The first-order valence-electron chi connectivity index (χ1n) is 8.85. The van der Waals surface area contributed by atoms with Crippen LogP contribution in [-0.4, -0.2) is 40.7 Å². The smallest absolute Gasteiger partial charge is 0.319 e. The molecule has 0 bridgehead atoms. The van der Waals surface area contributed by atoms with Crippen LogP contribution in [0.2, 0.25) is 0 Å². The van der Waals surface area contributed by atoms with Crippen molar-refractivity contribution < 1.29 is 14.3 Å².